The fourth-order valence-electron chi connectivity index (χ4n) is 3.74. The Labute approximate surface area is 214 Å². The molecule has 37 heavy (non-hydrogen) atoms. The van der Waals surface area contributed by atoms with Crippen LogP contribution in [0.3, 0.4) is 0 Å². The maximum atomic E-state index is 13.0. The van der Waals surface area contributed by atoms with E-state index in [1.54, 1.807) is 6.07 Å². The molecule has 0 aliphatic heterocycles. The zero-order valence-electron chi connectivity index (χ0n) is 20.6. The predicted molar refractivity (Wildman–Crippen MR) is 132 cm³/mol. The topological polar surface area (TPSA) is 260 Å². The number of carboxylic acids is 1. The minimum atomic E-state index is -2.32. The summed E-state index contributed by atoms with van der Waals surface area (Å²) < 4.78 is 0. The second-order valence-electron chi connectivity index (χ2n) is 8.89. The first-order chi connectivity index (χ1) is 17.4. The molecule has 1 aromatic carbocycles. The summed E-state index contributed by atoms with van der Waals surface area (Å²) >= 11 is 0. The van der Waals surface area contributed by atoms with Crippen molar-refractivity contribution in [2.75, 3.05) is 6.61 Å². The van der Waals surface area contributed by atoms with Gasteiger partial charge in [-0.1, -0.05) is 43.7 Å². The van der Waals surface area contributed by atoms with Crippen molar-refractivity contribution in [3.8, 4) is 0 Å². The number of benzene rings is 1. The molecule has 1 aromatic rings. The third-order valence-electron chi connectivity index (χ3n) is 6.06. The average Bonchev–Trinajstić information content (AvgIpc) is 2.89. The highest BCUT2D eigenvalue weighted by Crippen LogP contribution is 2.23. The van der Waals surface area contributed by atoms with Gasteiger partial charge in [-0.15, -0.1) is 0 Å². The van der Waals surface area contributed by atoms with Crippen molar-refractivity contribution >= 4 is 23.4 Å². The van der Waals surface area contributed by atoms with Gasteiger partial charge in [-0.25, -0.2) is 0 Å². The molecule has 8 atom stereocenters. The lowest BCUT2D eigenvalue weighted by atomic mass is 9.83. The molecule has 1 unspecified atom stereocenters. The van der Waals surface area contributed by atoms with E-state index in [0.29, 0.717) is 12.8 Å². The van der Waals surface area contributed by atoms with Crippen LogP contribution in [-0.4, -0.2) is 98.1 Å². The number of rotatable bonds is 17. The summed E-state index contributed by atoms with van der Waals surface area (Å²) in [6.45, 7) is 0.961. The summed E-state index contributed by atoms with van der Waals surface area (Å²) in [5, 5.41) is 52.6. The van der Waals surface area contributed by atoms with Crippen LogP contribution in [0.15, 0.2) is 30.3 Å². The molecule has 0 saturated heterocycles. The van der Waals surface area contributed by atoms with Crippen molar-refractivity contribution in [2.45, 2.75) is 81.0 Å². The number of hydrogen-bond acceptors (Lipinski definition) is 11. The maximum absolute atomic E-state index is 13.0. The third kappa shape index (κ3) is 9.23. The van der Waals surface area contributed by atoms with Crippen molar-refractivity contribution in [1.82, 2.24) is 5.32 Å². The predicted octanol–water partition coefficient (Wildman–Crippen LogP) is -2.88. The second-order valence-corrected chi connectivity index (χ2v) is 8.89. The first-order valence-electron chi connectivity index (χ1n) is 11.9. The molecular weight excluding hydrogens is 488 g/mol. The number of carbonyl (C=O) groups is 4. The number of aliphatic carboxylic acids is 1. The number of carbonyl (C=O) groups excluding carboxylic acids is 3. The summed E-state index contributed by atoms with van der Waals surface area (Å²) in [7, 11) is 0. The van der Waals surface area contributed by atoms with E-state index in [4.69, 9.17) is 17.2 Å². The number of carboxylic acid groups (broad SMARTS) is 1. The van der Waals surface area contributed by atoms with E-state index in [-0.39, 0.29) is 24.2 Å². The van der Waals surface area contributed by atoms with E-state index in [9.17, 15) is 44.7 Å². The number of Topliss-reactive ketones (excluding diaryl/α,β-unsaturated/α-hetero) is 2. The van der Waals surface area contributed by atoms with Crippen LogP contribution in [-0.2, 0) is 19.2 Å². The molecule has 0 radical (unpaired) electrons. The lowest BCUT2D eigenvalue weighted by Gasteiger charge is -2.31. The highest BCUT2D eigenvalue weighted by molar-refractivity contribution is 5.95. The van der Waals surface area contributed by atoms with Crippen LogP contribution in [0.25, 0.3) is 0 Å². The van der Waals surface area contributed by atoms with Gasteiger partial charge in [0.25, 0.3) is 0 Å². The first-order valence-corrected chi connectivity index (χ1v) is 11.9. The Morgan fingerprint density at radius 3 is 2.03 bits per heavy atom. The van der Waals surface area contributed by atoms with E-state index < -0.39 is 72.7 Å². The van der Waals surface area contributed by atoms with Crippen LogP contribution < -0.4 is 22.5 Å². The summed E-state index contributed by atoms with van der Waals surface area (Å²) in [6, 6.07) is 2.28. The van der Waals surface area contributed by atoms with Crippen molar-refractivity contribution in [3.63, 3.8) is 0 Å². The molecule has 13 nitrogen and oxygen atoms in total. The number of aliphatic hydroxyl groups is 4. The summed E-state index contributed by atoms with van der Waals surface area (Å²) in [5.41, 5.74) is 17.3. The Morgan fingerprint density at radius 1 is 0.919 bits per heavy atom. The molecule has 1 rings (SSSR count). The minimum Gasteiger partial charge on any atom is -0.480 e. The summed E-state index contributed by atoms with van der Waals surface area (Å²) in [5.74, 6) is -5.42. The van der Waals surface area contributed by atoms with E-state index in [2.05, 4.69) is 5.32 Å². The Balaban J connectivity index is 2.89. The number of ketones is 2. The van der Waals surface area contributed by atoms with Gasteiger partial charge >= 0.3 is 5.97 Å². The molecular formula is C24H38N4O9. The molecule has 13 heteroatoms. The molecule has 0 bridgehead atoms. The van der Waals surface area contributed by atoms with E-state index in [1.165, 1.54) is 24.3 Å². The largest absolute Gasteiger partial charge is 0.480 e. The highest BCUT2D eigenvalue weighted by Gasteiger charge is 2.42. The van der Waals surface area contributed by atoms with Gasteiger partial charge in [-0.05, 0) is 18.4 Å². The lowest BCUT2D eigenvalue weighted by Crippen LogP contribution is -2.58. The number of amides is 1. The monoisotopic (exact) mass is 526 g/mol. The molecule has 1 amide bonds. The van der Waals surface area contributed by atoms with Gasteiger partial charge in [0.1, 0.15) is 30.1 Å². The minimum absolute atomic E-state index is 0.0637. The molecule has 0 spiro atoms. The van der Waals surface area contributed by atoms with Crippen LogP contribution in [0.5, 0.6) is 0 Å². The van der Waals surface area contributed by atoms with E-state index in [0.717, 1.165) is 0 Å². The first kappa shape index (κ1) is 32.2. The van der Waals surface area contributed by atoms with Crippen LogP contribution >= 0.6 is 0 Å². The van der Waals surface area contributed by atoms with E-state index in [1.807, 2.05) is 6.92 Å². The van der Waals surface area contributed by atoms with Gasteiger partial charge in [0.15, 0.2) is 5.78 Å². The van der Waals surface area contributed by atoms with Crippen molar-refractivity contribution < 1.29 is 44.7 Å². The smallest absolute Gasteiger partial charge is 0.321 e. The van der Waals surface area contributed by atoms with E-state index >= 15 is 0 Å². The molecule has 0 aliphatic carbocycles. The number of nitrogens with one attached hydrogen (secondary N) is 1. The SMILES string of the molecule is CCC[C@H](N)C(=O)CC[C@H](N)C(=O)N[C@@H](CO)[C@@H](O)[C@@H](O)[C@H](O)C(=O)C(c1ccccc1)[C@H](N)C(=O)O. The van der Waals surface area contributed by atoms with Crippen molar-refractivity contribution in [3.05, 3.63) is 35.9 Å². The number of nitrogens with two attached hydrogens (primary N) is 3. The van der Waals surface area contributed by atoms with Crippen LogP contribution in [0.4, 0.5) is 0 Å². The maximum Gasteiger partial charge on any atom is 0.321 e. The van der Waals surface area contributed by atoms with Crippen LogP contribution in [0.1, 0.15) is 44.1 Å². The van der Waals surface area contributed by atoms with Crippen molar-refractivity contribution in [2.24, 2.45) is 17.2 Å². The quantitative estimate of drug-likeness (QED) is 0.0991. The fraction of sp³-hybridized carbons (Fsp3) is 0.583. The zero-order valence-corrected chi connectivity index (χ0v) is 20.6. The van der Waals surface area contributed by atoms with Crippen molar-refractivity contribution in [1.29, 1.82) is 0 Å². The van der Waals surface area contributed by atoms with Crippen LogP contribution in [0, 0.1) is 0 Å². The highest BCUT2D eigenvalue weighted by atomic mass is 16.4. The van der Waals surface area contributed by atoms with Gasteiger partial charge in [-0.2, -0.15) is 0 Å². The normalized spacial score (nSPS) is 17.9. The molecule has 12 N–H and O–H groups in total. The Hall–Kier alpha value is -2.78. The molecule has 0 fully saturated rings. The molecule has 0 saturated carbocycles. The zero-order chi connectivity index (χ0) is 28.3. The Morgan fingerprint density at radius 2 is 1.51 bits per heavy atom. The summed E-state index contributed by atoms with van der Waals surface area (Å²) in [4.78, 5) is 48.8. The standard InChI is InChI=1S/C24H38N4O9/c1-2-6-13(25)16(30)10-9-14(26)23(35)28-15(11-29)19(31)21(33)22(34)20(32)17(18(27)24(36)37)12-7-4-3-5-8-12/h3-5,7-8,13-15,17-19,21-22,29,31,33-34H,2,6,9-11,25-27H2,1H3,(H,28,35)(H,36,37)/t13-,14-,15-,17?,18-,19+,21+,22+/m0/s1. The van der Waals surface area contributed by atoms with Gasteiger partial charge in [0.05, 0.1) is 30.7 Å². The average molecular weight is 527 g/mol. The van der Waals surface area contributed by atoms with Crippen LogP contribution in [0.2, 0.25) is 0 Å². The molecule has 0 aromatic heterocycles. The lowest BCUT2D eigenvalue weighted by molar-refractivity contribution is -0.148. The Bertz CT molecular complexity index is 901. The fourth-order valence-corrected chi connectivity index (χ4v) is 3.74. The second kappa shape index (κ2) is 15.5. The third-order valence-corrected chi connectivity index (χ3v) is 6.06. The molecule has 0 heterocycles. The number of hydrogen-bond donors (Lipinski definition) is 9. The Kier molecular flexibility index (Phi) is 13.5. The van der Waals surface area contributed by atoms with Gasteiger partial charge < -0.3 is 48.1 Å². The molecule has 208 valence electrons. The van der Waals surface area contributed by atoms with Gasteiger partial charge in [0, 0.05) is 6.42 Å². The summed E-state index contributed by atoms with van der Waals surface area (Å²) in [6.07, 6.45) is -5.54. The van der Waals surface area contributed by atoms with Gasteiger partial charge in [0.2, 0.25) is 5.91 Å². The molecule has 0 aliphatic rings. The van der Waals surface area contributed by atoms with Gasteiger partial charge in [-0.3, -0.25) is 19.2 Å². The number of aliphatic hydroxyl groups excluding tert-OH is 4.